The van der Waals surface area contributed by atoms with Crippen LogP contribution in [0.25, 0.3) is 0 Å². The van der Waals surface area contributed by atoms with Gasteiger partial charge < -0.3 is 11.1 Å². The summed E-state index contributed by atoms with van der Waals surface area (Å²) < 4.78 is 0. The minimum atomic E-state index is -0.142. The average molecular weight is 280 g/mol. The van der Waals surface area contributed by atoms with Crippen LogP contribution in [0.4, 0.5) is 5.69 Å². The highest BCUT2D eigenvalue weighted by Gasteiger charge is 2.37. The van der Waals surface area contributed by atoms with Crippen molar-refractivity contribution >= 4 is 5.69 Å². The fourth-order valence-electron chi connectivity index (χ4n) is 3.51. The van der Waals surface area contributed by atoms with E-state index in [1.165, 1.54) is 23.1 Å². The molecule has 2 aromatic carbocycles. The fourth-order valence-corrected chi connectivity index (χ4v) is 3.51. The van der Waals surface area contributed by atoms with E-state index >= 15 is 0 Å². The zero-order valence-electron chi connectivity index (χ0n) is 12.9. The van der Waals surface area contributed by atoms with Gasteiger partial charge in [0.2, 0.25) is 0 Å². The van der Waals surface area contributed by atoms with Crippen LogP contribution in [-0.2, 0) is 5.54 Å². The van der Waals surface area contributed by atoms with E-state index < -0.39 is 0 Å². The Morgan fingerprint density at radius 2 is 2.00 bits per heavy atom. The molecule has 0 bridgehead atoms. The number of nitrogens with one attached hydrogen (secondary N) is 1. The molecule has 2 nitrogen and oxygen atoms in total. The van der Waals surface area contributed by atoms with Gasteiger partial charge in [-0.3, -0.25) is 0 Å². The molecule has 1 aliphatic rings. The van der Waals surface area contributed by atoms with E-state index in [1.807, 2.05) is 0 Å². The molecule has 1 aliphatic carbocycles. The summed E-state index contributed by atoms with van der Waals surface area (Å²) in [5, 5.41) is 3.74. The number of aryl methyl sites for hydroxylation is 1. The van der Waals surface area contributed by atoms with E-state index in [4.69, 9.17) is 5.73 Å². The second-order valence-electron chi connectivity index (χ2n) is 6.31. The first-order valence-corrected chi connectivity index (χ1v) is 7.79. The quantitative estimate of drug-likeness (QED) is 0.886. The molecular weight excluding hydrogens is 256 g/mol. The summed E-state index contributed by atoms with van der Waals surface area (Å²) in [6.07, 6.45) is 2.25. The Morgan fingerprint density at radius 3 is 2.76 bits per heavy atom. The molecule has 0 heterocycles. The molecule has 2 aromatic rings. The summed E-state index contributed by atoms with van der Waals surface area (Å²) in [4.78, 5) is 0. The molecule has 2 heteroatoms. The molecule has 2 unspecified atom stereocenters. The van der Waals surface area contributed by atoms with Gasteiger partial charge in [-0.05, 0) is 54.5 Å². The molecule has 0 aromatic heterocycles. The second-order valence-corrected chi connectivity index (χ2v) is 6.31. The third-order valence-corrected chi connectivity index (χ3v) is 4.76. The lowest BCUT2D eigenvalue weighted by Crippen LogP contribution is -2.45. The number of nitrogens with two attached hydrogens (primary N) is 1. The molecule has 21 heavy (non-hydrogen) atoms. The highest BCUT2D eigenvalue weighted by molar-refractivity contribution is 5.52. The molecule has 110 valence electrons. The maximum Gasteiger partial charge on any atom is 0.0750 e. The predicted molar refractivity (Wildman–Crippen MR) is 89.6 cm³/mol. The Morgan fingerprint density at radius 1 is 1.19 bits per heavy atom. The Kier molecular flexibility index (Phi) is 3.73. The fraction of sp³-hybridized carbons (Fsp3) is 0.368. The highest BCUT2D eigenvalue weighted by Crippen LogP contribution is 2.42. The van der Waals surface area contributed by atoms with Gasteiger partial charge in [-0.1, -0.05) is 43.3 Å². The summed E-state index contributed by atoms with van der Waals surface area (Å²) in [6, 6.07) is 17.3. The zero-order valence-corrected chi connectivity index (χ0v) is 12.9. The van der Waals surface area contributed by atoms with Crippen LogP contribution < -0.4 is 11.1 Å². The van der Waals surface area contributed by atoms with Crippen molar-refractivity contribution in [3.8, 4) is 0 Å². The van der Waals surface area contributed by atoms with E-state index in [1.54, 1.807) is 0 Å². The van der Waals surface area contributed by atoms with Gasteiger partial charge >= 0.3 is 0 Å². The molecule has 0 aliphatic heterocycles. The van der Waals surface area contributed by atoms with Crippen LogP contribution in [0.2, 0.25) is 0 Å². The molecule has 0 fully saturated rings. The van der Waals surface area contributed by atoms with Crippen molar-refractivity contribution in [3.63, 3.8) is 0 Å². The standard InChI is InChI=1S/C19H24N2/c1-14-6-5-7-16(12-14)21-19(13-20)11-10-15(2)17-8-3-4-9-18(17)19/h3-9,12,15,21H,10-11,13,20H2,1-2H3. The lowest BCUT2D eigenvalue weighted by Gasteiger charge is -2.42. The first-order chi connectivity index (χ1) is 10.1. The molecule has 0 saturated carbocycles. The number of fused-ring (bicyclic) bond motifs is 1. The first kappa shape index (κ1) is 14.2. The van der Waals surface area contributed by atoms with Gasteiger partial charge in [-0.2, -0.15) is 0 Å². The number of hydrogen-bond acceptors (Lipinski definition) is 2. The predicted octanol–water partition coefficient (Wildman–Crippen LogP) is 4.16. The Hall–Kier alpha value is -1.80. The minimum Gasteiger partial charge on any atom is -0.374 e. The Labute approximate surface area is 127 Å². The summed E-state index contributed by atoms with van der Waals surface area (Å²) in [6.45, 7) is 5.05. The molecule has 3 rings (SSSR count). The maximum atomic E-state index is 6.22. The Bertz CT molecular complexity index is 635. The lowest BCUT2D eigenvalue weighted by molar-refractivity contribution is 0.391. The van der Waals surface area contributed by atoms with Crippen molar-refractivity contribution in [3.05, 3.63) is 65.2 Å². The molecule has 2 atom stereocenters. The van der Waals surface area contributed by atoms with Crippen LogP contribution in [0, 0.1) is 6.92 Å². The molecule has 0 radical (unpaired) electrons. The van der Waals surface area contributed by atoms with Crippen LogP contribution in [0.5, 0.6) is 0 Å². The molecule has 3 N–H and O–H groups in total. The van der Waals surface area contributed by atoms with Gasteiger partial charge in [0.15, 0.2) is 0 Å². The molecule has 0 spiro atoms. The number of benzene rings is 2. The number of rotatable bonds is 3. The lowest BCUT2D eigenvalue weighted by atomic mass is 9.72. The van der Waals surface area contributed by atoms with Gasteiger partial charge in [0.05, 0.1) is 5.54 Å². The smallest absolute Gasteiger partial charge is 0.0750 e. The number of hydrogen-bond donors (Lipinski definition) is 2. The van der Waals surface area contributed by atoms with Crippen molar-refractivity contribution in [2.24, 2.45) is 5.73 Å². The van der Waals surface area contributed by atoms with Gasteiger partial charge in [-0.15, -0.1) is 0 Å². The normalized spacial score (nSPS) is 24.4. The largest absolute Gasteiger partial charge is 0.374 e. The highest BCUT2D eigenvalue weighted by atomic mass is 15.0. The second kappa shape index (κ2) is 5.53. The molecule has 0 saturated heterocycles. The summed E-state index contributed by atoms with van der Waals surface area (Å²) in [5.41, 5.74) is 11.3. The average Bonchev–Trinajstić information content (AvgIpc) is 2.51. The summed E-state index contributed by atoms with van der Waals surface area (Å²) >= 11 is 0. The van der Waals surface area contributed by atoms with E-state index in [0.29, 0.717) is 12.5 Å². The van der Waals surface area contributed by atoms with Gasteiger partial charge in [0, 0.05) is 12.2 Å². The van der Waals surface area contributed by atoms with E-state index in [2.05, 4.69) is 67.7 Å². The van der Waals surface area contributed by atoms with Crippen LogP contribution in [0.15, 0.2) is 48.5 Å². The van der Waals surface area contributed by atoms with Crippen LogP contribution >= 0.6 is 0 Å². The van der Waals surface area contributed by atoms with Crippen molar-refractivity contribution in [1.82, 2.24) is 0 Å². The van der Waals surface area contributed by atoms with Crippen molar-refractivity contribution in [2.45, 2.75) is 38.1 Å². The monoisotopic (exact) mass is 280 g/mol. The third-order valence-electron chi connectivity index (χ3n) is 4.76. The summed E-state index contributed by atoms with van der Waals surface area (Å²) in [5.74, 6) is 0.611. The third kappa shape index (κ3) is 2.56. The molecule has 0 amide bonds. The topological polar surface area (TPSA) is 38.0 Å². The van der Waals surface area contributed by atoms with Crippen molar-refractivity contribution in [2.75, 3.05) is 11.9 Å². The Balaban J connectivity index is 2.03. The SMILES string of the molecule is Cc1cccc(NC2(CN)CCC(C)c3ccccc32)c1. The maximum absolute atomic E-state index is 6.22. The van der Waals surface area contributed by atoms with Crippen LogP contribution in [-0.4, -0.2) is 6.54 Å². The van der Waals surface area contributed by atoms with Gasteiger partial charge in [-0.25, -0.2) is 0 Å². The van der Waals surface area contributed by atoms with Crippen molar-refractivity contribution < 1.29 is 0 Å². The van der Waals surface area contributed by atoms with E-state index in [0.717, 1.165) is 12.1 Å². The zero-order chi connectivity index (χ0) is 14.9. The van der Waals surface area contributed by atoms with E-state index in [9.17, 15) is 0 Å². The van der Waals surface area contributed by atoms with E-state index in [-0.39, 0.29) is 5.54 Å². The number of anilines is 1. The van der Waals surface area contributed by atoms with Gasteiger partial charge in [0.1, 0.15) is 0 Å². The minimum absolute atomic E-state index is 0.142. The summed E-state index contributed by atoms with van der Waals surface area (Å²) in [7, 11) is 0. The first-order valence-electron chi connectivity index (χ1n) is 7.79. The van der Waals surface area contributed by atoms with Crippen molar-refractivity contribution in [1.29, 1.82) is 0 Å². The van der Waals surface area contributed by atoms with Crippen LogP contribution in [0.1, 0.15) is 42.4 Å². The molecular formula is C19H24N2. The van der Waals surface area contributed by atoms with Gasteiger partial charge in [0.25, 0.3) is 0 Å². The van der Waals surface area contributed by atoms with Crippen LogP contribution in [0.3, 0.4) is 0 Å².